The Hall–Kier alpha value is -2.51. The molecule has 0 bridgehead atoms. The lowest BCUT2D eigenvalue weighted by Gasteiger charge is -2.19. The van der Waals surface area contributed by atoms with Crippen LogP contribution < -0.4 is 20.7 Å². The van der Waals surface area contributed by atoms with Crippen molar-refractivity contribution in [2.45, 2.75) is 59.6 Å². The molecule has 0 atom stereocenters. The number of pyridine rings is 1. The highest BCUT2D eigenvalue weighted by Crippen LogP contribution is 2.09. The zero-order valence-electron chi connectivity index (χ0n) is 17.8. The van der Waals surface area contributed by atoms with E-state index in [9.17, 15) is 4.79 Å². The number of hydrogen-bond donors (Lipinski definition) is 3. The zero-order valence-corrected chi connectivity index (χ0v) is 17.8. The first kappa shape index (κ1) is 23.5. The van der Waals surface area contributed by atoms with Crippen molar-refractivity contribution in [1.29, 1.82) is 0 Å². The lowest BCUT2D eigenvalue weighted by atomic mass is 10.2. The Balaban J connectivity index is 2.36. The fourth-order valence-corrected chi connectivity index (χ4v) is 2.11. The molecule has 0 saturated carbocycles. The molecule has 0 aromatic carbocycles. The third-order valence-electron chi connectivity index (χ3n) is 3.33. The summed E-state index contributed by atoms with van der Waals surface area (Å²) in [6.07, 6.45) is 3.10. The number of aromatic nitrogens is 1. The van der Waals surface area contributed by atoms with Crippen LogP contribution in [0.25, 0.3) is 0 Å². The molecule has 3 N–H and O–H groups in total. The van der Waals surface area contributed by atoms with Crippen molar-refractivity contribution in [3.05, 3.63) is 23.9 Å². The van der Waals surface area contributed by atoms with E-state index in [1.807, 2.05) is 39.8 Å². The summed E-state index contributed by atoms with van der Waals surface area (Å²) in [5.41, 5.74) is 0.523. The normalized spacial score (nSPS) is 11.7. The standard InChI is InChI=1S/C20H35N5O3/c1-6-13-27-17-10-9-16(14-24-17)15-25-18(21-7-2)22-11-8-12-23-19(26)28-20(3,4)5/h9-10,14H,6-8,11-13,15H2,1-5H3,(H,23,26)(H2,21,22,25). The molecule has 0 radical (unpaired) electrons. The summed E-state index contributed by atoms with van der Waals surface area (Å²) in [4.78, 5) is 20.4. The number of hydrogen-bond acceptors (Lipinski definition) is 5. The van der Waals surface area contributed by atoms with Gasteiger partial charge in [0, 0.05) is 31.9 Å². The minimum atomic E-state index is -0.484. The molecule has 1 aromatic heterocycles. The first-order chi connectivity index (χ1) is 13.3. The summed E-state index contributed by atoms with van der Waals surface area (Å²) < 4.78 is 10.7. The summed E-state index contributed by atoms with van der Waals surface area (Å²) in [6, 6.07) is 3.83. The lowest BCUT2D eigenvalue weighted by molar-refractivity contribution is 0.0527. The van der Waals surface area contributed by atoms with Gasteiger partial charge in [-0.05, 0) is 46.1 Å². The molecule has 8 nitrogen and oxygen atoms in total. The van der Waals surface area contributed by atoms with E-state index in [2.05, 4.69) is 32.9 Å². The number of amides is 1. The summed E-state index contributed by atoms with van der Waals surface area (Å²) in [7, 11) is 0. The molecule has 1 heterocycles. The van der Waals surface area contributed by atoms with E-state index < -0.39 is 11.7 Å². The topological polar surface area (TPSA) is 96.9 Å². The van der Waals surface area contributed by atoms with Crippen molar-refractivity contribution in [2.24, 2.45) is 4.99 Å². The maximum absolute atomic E-state index is 11.6. The third-order valence-corrected chi connectivity index (χ3v) is 3.33. The molecule has 0 spiro atoms. The maximum atomic E-state index is 11.6. The van der Waals surface area contributed by atoms with Gasteiger partial charge < -0.3 is 25.4 Å². The summed E-state index contributed by atoms with van der Waals surface area (Å²) in [5.74, 6) is 1.36. The van der Waals surface area contributed by atoms with Gasteiger partial charge in [0.05, 0.1) is 13.2 Å². The van der Waals surface area contributed by atoms with Crippen LogP contribution in [0.1, 0.15) is 53.0 Å². The van der Waals surface area contributed by atoms with Gasteiger partial charge in [-0.1, -0.05) is 13.0 Å². The van der Waals surface area contributed by atoms with E-state index in [-0.39, 0.29) is 0 Å². The number of nitrogens with one attached hydrogen (secondary N) is 3. The van der Waals surface area contributed by atoms with Crippen molar-refractivity contribution in [1.82, 2.24) is 20.9 Å². The van der Waals surface area contributed by atoms with Crippen LogP contribution in [0.3, 0.4) is 0 Å². The Morgan fingerprint density at radius 2 is 1.89 bits per heavy atom. The van der Waals surface area contributed by atoms with E-state index in [0.717, 1.165) is 30.9 Å². The number of carbonyl (C=O) groups is 1. The number of nitrogens with zero attached hydrogens (tertiary/aromatic N) is 2. The lowest BCUT2D eigenvalue weighted by Crippen LogP contribution is -2.39. The number of rotatable bonds is 10. The molecule has 0 unspecified atom stereocenters. The minimum Gasteiger partial charge on any atom is -0.478 e. The highest BCUT2D eigenvalue weighted by Gasteiger charge is 2.15. The predicted octanol–water partition coefficient (Wildman–Crippen LogP) is 2.84. The van der Waals surface area contributed by atoms with Crippen molar-refractivity contribution in [3.63, 3.8) is 0 Å². The molecule has 8 heteroatoms. The smallest absolute Gasteiger partial charge is 0.407 e. The zero-order chi connectivity index (χ0) is 20.8. The van der Waals surface area contributed by atoms with Crippen LogP contribution in [-0.4, -0.2) is 48.9 Å². The number of carbonyl (C=O) groups excluding carboxylic acids is 1. The molecule has 1 amide bonds. The highest BCUT2D eigenvalue weighted by molar-refractivity contribution is 5.79. The molecule has 0 aliphatic heterocycles. The van der Waals surface area contributed by atoms with Crippen LogP contribution in [0.2, 0.25) is 0 Å². The van der Waals surface area contributed by atoms with Gasteiger partial charge >= 0.3 is 6.09 Å². The molecule has 0 saturated heterocycles. The maximum Gasteiger partial charge on any atom is 0.407 e. The van der Waals surface area contributed by atoms with Crippen LogP contribution in [0.4, 0.5) is 4.79 Å². The third kappa shape index (κ3) is 11.3. The first-order valence-electron chi connectivity index (χ1n) is 9.90. The van der Waals surface area contributed by atoms with Crippen LogP contribution in [0.15, 0.2) is 23.3 Å². The van der Waals surface area contributed by atoms with Gasteiger partial charge in [0.25, 0.3) is 0 Å². The predicted molar refractivity (Wildman–Crippen MR) is 112 cm³/mol. The monoisotopic (exact) mass is 393 g/mol. The number of aliphatic imine (C=N–C) groups is 1. The van der Waals surface area contributed by atoms with E-state index in [1.54, 1.807) is 6.20 Å². The Morgan fingerprint density at radius 3 is 2.50 bits per heavy atom. The van der Waals surface area contributed by atoms with Crippen molar-refractivity contribution in [2.75, 3.05) is 26.2 Å². The van der Waals surface area contributed by atoms with Crippen LogP contribution in [0.5, 0.6) is 5.88 Å². The SMILES string of the molecule is CCCOc1ccc(CN=C(NCC)NCCCNC(=O)OC(C)(C)C)cn1. The number of guanidine groups is 1. The van der Waals surface area contributed by atoms with E-state index in [0.29, 0.717) is 32.1 Å². The summed E-state index contributed by atoms with van der Waals surface area (Å²) >= 11 is 0. The molecule has 0 aliphatic rings. The minimum absolute atomic E-state index is 0.396. The average molecular weight is 394 g/mol. The quantitative estimate of drug-likeness (QED) is 0.321. The molecular formula is C20H35N5O3. The number of alkyl carbamates (subject to hydrolysis) is 1. The summed E-state index contributed by atoms with van der Waals surface area (Å²) in [5, 5.41) is 9.20. The Labute approximate surface area is 168 Å². The Morgan fingerprint density at radius 1 is 1.14 bits per heavy atom. The van der Waals surface area contributed by atoms with Crippen molar-refractivity contribution < 1.29 is 14.3 Å². The highest BCUT2D eigenvalue weighted by atomic mass is 16.6. The van der Waals surface area contributed by atoms with Gasteiger partial charge in [-0.2, -0.15) is 0 Å². The second-order valence-corrected chi connectivity index (χ2v) is 7.26. The Kier molecular flexibility index (Phi) is 10.8. The average Bonchev–Trinajstić information content (AvgIpc) is 2.63. The van der Waals surface area contributed by atoms with E-state index >= 15 is 0 Å². The van der Waals surface area contributed by atoms with Crippen molar-refractivity contribution in [3.8, 4) is 5.88 Å². The molecule has 1 aromatic rings. The molecule has 0 aliphatic carbocycles. The second-order valence-electron chi connectivity index (χ2n) is 7.26. The fourth-order valence-electron chi connectivity index (χ4n) is 2.11. The molecule has 28 heavy (non-hydrogen) atoms. The fraction of sp³-hybridized carbons (Fsp3) is 0.650. The van der Waals surface area contributed by atoms with Crippen LogP contribution in [0, 0.1) is 0 Å². The van der Waals surface area contributed by atoms with Gasteiger partial charge in [0.15, 0.2) is 5.96 Å². The van der Waals surface area contributed by atoms with E-state index in [4.69, 9.17) is 9.47 Å². The van der Waals surface area contributed by atoms with Gasteiger partial charge in [-0.15, -0.1) is 0 Å². The second kappa shape index (κ2) is 12.8. The number of ether oxygens (including phenoxy) is 2. The van der Waals surface area contributed by atoms with Gasteiger partial charge in [0.2, 0.25) is 5.88 Å². The first-order valence-corrected chi connectivity index (χ1v) is 9.90. The van der Waals surface area contributed by atoms with Gasteiger partial charge in [-0.3, -0.25) is 0 Å². The van der Waals surface area contributed by atoms with Crippen molar-refractivity contribution >= 4 is 12.1 Å². The van der Waals surface area contributed by atoms with E-state index in [1.165, 1.54) is 0 Å². The van der Waals surface area contributed by atoms with Gasteiger partial charge in [0.1, 0.15) is 5.60 Å². The van der Waals surface area contributed by atoms with Gasteiger partial charge in [-0.25, -0.2) is 14.8 Å². The van der Waals surface area contributed by atoms with Crippen LogP contribution in [-0.2, 0) is 11.3 Å². The molecule has 0 fully saturated rings. The molecule has 158 valence electrons. The molecule has 1 rings (SSSR count). The van der Waals surface area contributed by atoms with Crippen LogP contribution >= 0.6 is 0 Å². The Bertz CT molecular complexity index is 597. The molecular weight excluding hydrogens is 358 g/mol. The summed E-state index contributed by atoms with van der Waals surface area (Å²) in [6.45, 7) is 12.8. The largest absolute Gasteiger partial charge is 0.478 e.